The minimum Gasteiger partial charge on any atom is -0.494 e. The molecule has 6 nitrogen and oxygen atoms in total. The number of Topliss-reactive ketones (excluding diaryl/α,β-unsaturated/α-hetero) is 1. The lowest BCUT2D eigenvalue weighted by Crippen LogP contribution is -2.09. The van der Waals surface area contributed by atoms with Gasteiger partial charge in [-0.2, -0.15) is 0 Å². The number of rotatable bonds is 8. The van der Waals surface area contributed by atoms with E-state index in [0.717, 1.165) is 24.6 Å². The molecule has 0 aliphatic heterocycles. The SMILES string of the molecule is CC(=O)c1ccc(OCCCC(=O)OCc2cc(=O)oc3cc4c(cc23)CCC4)cc1. The van der Waals surface area contributed by atoms with Crippen LogP contribution in [0.15, 0.2) is 51.7 Å². The lowest BCUT2D eigenvalue weighted by Gasteiger charge is -2.09. The van der Waals surface area contributed by atoms with Gasteiger partial charge in [0.2, 0.25) is 0 Å². The molecule has 1 aliphatic carbocycles. The van der Waals surface area contributed by atoms with Crippen LogP contribution in [0.2, 0.25) is 0 Å². The highest BCUT2D eigenvalue weighted by atomic mass is 16.5. The second-order valence-corrected chi connectivity index (χ2v) is 7.75. The molecular weight excluding hydrogens is 396 g/mol. The summed E-state index contributed by atoms with van der Waals surface area (Å²) in [5.74, 6) is 0.300. The van der Waals surface area contributed by atoms with E-state index in [9.17, 15) is 14.4 Å². The van der Waals surface area contributed by atoms with Crippen LogP contribution in [0.3, 0.4) is 0 Å². The molecule has 4 rings (SSSR count). The fourth-order valence-electron chi connectivity index (χ4n) is 3.84. The van der Waals surface area contributed by atoms with Gasteiger partial charge < -0.3 is 13.9 Å². The van der Waals surface area contributed by atoms with Crippen molar-refractivity contribution >= 4 is 22.7 Å². The standard InChI is InChI=1S/C25H24O6/c1-16(26)17-7-9-21(10-8-17)29-11-3-6-24(27)30-15-20-14-25(28)31-23-13-19-5-2-4-18(19)12-22(20)23/h7-10,12-14H,2-6,11,15H2,1H3. The van der Waals surface area contributed by atoms with E-state index >= 15 is 0 Å². The van der Waals surface area contributed by atoms with E-state index in [1.54, 1.807) is 24.3 Å². The van der Waals surface area contributed by atoms with Gasteiger partial charge in [-0.05, 0) is 80.1 Å². The van der Waals surface area contributed by atoms with Crippen molar-refractivity contribution in [2.24, 2.45) is 0 Å². The first kappa shape index (κ1) is 20.8. The highest BCUT2D eigenvalue weighted by Crippen LogP contribution is 2.28. The largest absolute Gasteiger partial charge is 0.494 e. The molecule has 160 valence electrons. The minimum atomic E-state index is -0.444. The fraction of sp³-hybridized carbons (Fsp3) is 0.320. The Kier molecular flexibility index (Phi) is 6.16. The Balaban J connectivity index is 1.29. The summed E-state index contributed by atoms with van der Waals surface area (Å²) < 4.78 is 16.3. The summed E-state index contributed by atoms with van der Waals surface area (Å²) in [5, 5.41) is 0.824. The van der Waals surface area contributed by atoms with Gasteiger partial charge in [0, 0.05) is 29.0 Å². The van der Waals surface area contributed by atoms with Crippen molar-refractivity contribution in [1.82, 2.24) is 0 Å². The molecule has 0 radical (unpaired) electrons. The van der Waals surface area contributed by atoms with Crippen LogP contribution < -0.4 is 10.4 Å². The van der Waals surface area contributed by atoms with Gasteiger partial charge in [0.15, 0.2) is 5.78 Å². The van der Waals surface area contributed by atoms with Crippen molar-refractivity contribution in [1.29, 1.82) is 0 Å². The minimum absolute atomic E-state index is 0.00245. The van der Waals surface area contributed by atoms with Crippen LogP contribution in [0.25, 0.3) is 11.0 Å². The lowest BCUT2D eigenvalue weighted by atomic mass is 10.0. The smallest absolute Gasteiger partial charge is 0.336 e. The summed E-state index contributed by atoms with van der Waals surface area (Å²) in [5.41, 5.74) is 3.88. The molecule has 3 aromatic rings. The zero-order valence-electron chi connectivity index (χ0n) is 17.4. The molecule has 0 saturated heterocycles. The van der Waals surface area contributed by atoms with Crippen LogP contribution >= 0.6 is 0 Å². The zero-order chi connectivity index (χ0) is 21.8. The van der Waals surface area contributed by atoms with Crippen molar-refractivity contribution in [3.05, 3.63) is 75.1 Å². The molecule has 31 heavy (non-hydrogen) atoms. The molecule has 0 bridgehead atoms. The van der Waals surface area contributed by atoms with E-state index in [1.165, 1.54) is 24.1 Å². The molecule has 2 aromatic carbocycles. The second kappa shape index (κ2) is 9.16. The Bertz CT molecular complexity index is 1170. The molecule has 0 spiro atoms. The Morgan fingerprint density at radius 2 is 1.77 bits per heavy atom. The number of ether oxygens (including phenoxy) is 2. The van der Waals surface area contributed by atoms with E-state index in [2.05, 4.69) is 6.07 Å². The maximum Gasteiger partial charge on any atom is 0.336 e. The molecule has 1 aromatic heterocycles. The van der Waals surface area contributed by atoms with Gasteiger partial charge in [-0.3, -0.25) is 9.59 Å². The summed E-state index contributed by atoms with van der Waals surface area (Å²) in [7, 11) is 0. The molecule has 0 atom stereocenters. The Labute approximate surface area is 179 Å². The molecule has 6 heteroatoms. The molecule has 1 aliphatic rings. The van der Waals surface area contributed by atoms with Crippen molar-refractivity contribution < 1.29 is 23.5 Å². The van der Waals surface area contributed by atoms with E-state index in [4.69, 9.17) is 13.9 Å². The predicted octanol–water partition coefficient (Wildman–Crippen LogP) is 4.39. The summed E-state index contributed by atoms with van der Waals surface area (Å²) in [6.45, 7) is 1.91. The first-order valence-electron chi connectivity index (χ1n) is 10.5. The molecule has 0 saturated carbocycles. The molecule has 1 heterocycles. The molecule has 0 amide bonds. The average molecular weight is 420 g/mol. The second-order valence-electron chi connectivity index (χ2n) is 7.75. The first-order chi connectivity index (χ1) is 15.0. The maximum atomic E-state index is 12.1. The number of esters is 1. The highest BCUT2D eigenvalue weighted by Gasteiger charge is 2.16. The van der Waals surface area contributed by atoms with Gasteiger partial charge in [0.1, 0.15) is 17.9 Å². The number of hydrogen-bond acceptors (Lipinski definition) is 6. The number of benzene rings is 2. The van der Waals surface area contributed by atoms with Crippen LogP contribution in [-0.2, 0) is 29.0 Å². The number of carbonyl (C=O) groups is 2. The van der Waals surface area contributed by atoms with Gasteiger partial charge in [-0.1, -0.05) is 0 Å². The summed E-state index contributed by atoms with van der Waals surface area (Å²) >= 11 is 0. The van der Waals surface area contributed by atoms with E-state index in [1.807, 2.05) is 6.07 Å². The normalized spacial score (nSPS) is 12.5. The van der Waals surface area contributed by atoms with Crippen molar-refractivity contribution in [3.63, 3.8) is 0 Å². The quantitative estimate of drug-likeness (QED) is 0.233. The van der Waals surface area contributed by atoms with Crippen molar-refractivity contribution in [3.8, 4) is 5.75 Å². The summed E-state index contributed by atoms with van der Waals surface area (Å²) in [6.07, 6.45) is 3.82. The van der Waals surface area contributed by atoms with Gasteiger partial charge in [0.25, 0.3) is 0 Å². The van der Waals surface area contributed by atoms with E-state index < -0.39 is 5.63 Å². The van der Waals surface area contributed by atoms with E-state index in [0.29, 0.717) is 35.5 Å². The van der Waals surface area contributed by atoms with Crippen molar-refractivity contribution in [2.75, 3.05) is 6.61 Å². The topological polar surface area (TPSA) is 82.8 Å². The Morgan fingerprint density at radius 3 is 2.52 bits per heavy atom. The Morgan fingerprint density at radius 1 is 1.03 bits per heavy atom. The van der Waals surface area contributed by atoms with Crippen molar-refractivity contribution in [2.45, 2.75) is 45.6 Å². The molecule has 0 fully saturated rings. The van der Waals surface area contributed by atoms with Crippen LogP contribution in [-0.4, -0.2) is 18.4 Å². The fourth-order valence-corrected chi connectivity index (χ4v) is 3.84. The van der Waals surface area contributed by atoms with Gasteiger partial charge in [0.05, 0.1) is 6.61 Å². The molecular formula is C25H24O6. The van der Waals surface area contributed by atoms with Crippen LogP contribution in [0.5, 0.6) is 5.75 Å². The molecule has 0 unspecified atom stereocenters. The monoisotopic (exact) mass is 420 g/mol. The van der Waals surface area contributed by atoms with Crippen LogP contribution in [0, 0.1) is 0 Å². The maximum absolute atomic E-state index is 12.1. The molecule has 0 N–H and O–H groups in total. The Hall–Kier alpha value is -3.41. The van der Waals surface area contributed by atoms with Crippen LogP contribution in [0.4, 0.5) is 0 Å². The summed E-state index contributed by atoms with van der Waals surface area (Å²) in [6, 6.07) is 12.3. The first-order valence-corrected chi connectivity index (χ1v) is 10.5. The van der Waals surface area contributed by atoms with Gasteiger partial charge in [-0.25, -0.2) is 4.79 Å². The number of ketones is 1. The number of hydrogen-bond donors (Lipinski definition) is 0. The number of carbonyl (C=O) groups excluding carboxylic acids is 2. The number of aryl methyl sites for hydroxylation is 2. The van der Waals surface area contributed by atoms with Gasteiger partial charge >= 0.3 is 11.6 Å². The summed E-state index contributed by atoms with van der Waals surface area (Å²) in [4.78, 5) is 35.3. The lowest BCUT2D eigenvalue weighted by molar-refractivity contribution is -0.145. The van der Waals surface area contributed by atoms with Crippen LogP contribution in [0.1, 0.15) is 53.2 Å². The third kappa shape index (κ3) is 5.02. The highest BCUT2D eigenvalue weighted by molar-refractivity contribution is 5.94. The predicted molar refractivity (Wildman–Crippen MR) is 115 cm³/mol. The van der Waals surface area contributed by atoms with Gasteiger partial charge in [-0.15, -0.1) is 0 Å². The third-order valence-electron chi connectivity index (χ3n) is 5.49. The number of fused-ring (bicyclic) bond motifs is 2. The third-order valence-corrected chi connectivity index (χ3v) is 5.49. The average Bonchev–Trinajstić information content (AvgIpc) is 3.21. The van der Waals surface area contributed by atoms with E-state index in [-0.39, 0.29) is 24.8 Å². The zero-order valence-corrected chi connectivity index (χ0v) is 17.4.